The summed E-state index contributed by atoms with van der Waals surface area (Å²) >= 11 is 1.52. The number of nitrogens with zero attached hydrogens (tertiary/aromatic N) is 1. The quantitative estimate of drug-likeness (QED) is 0.802. The van der Waals surface area contributed by atoms with E-state index >= 15 is 0 Å². The molecule has 114 valence electrons. The van der Waals surface area contributed by atoms with Crippen LogP contribution in [0.25, 0.3) is 0 Å². The van der Waals surface area contributed by atoms with E-state index < -0.39 is 10.0 Å². The SMILES string of the molecule is CCC(CC)N(C)S(=O)(=O)c1csc(CNC2CC2)c1. The van der Waals surface area contributed by atoms with E-state index in [4.69, 9.17) is 0 Å². The number of sulfonamides is 1. The Bertz CT molecular complexity index is 531. The largest absolute Gasteiger partial charge is 0.309 e. The molecule has 20 heavy (non-hydrogen) atoms. The molecule has 1 fully saturated rings. The molecule has 0 bridgehead atoms. The van der Waals surface area contributed by atoms with Crippen LogP contribution in [0, 0.1) is 0 Å². The summed E-state index contributed by atoms with van der Waals surface area (Å²) in [6.07, 6.45) is 4.17. The minimum absolute atomic E-state index is 0.0768. The highest BCUT2D eigenvalue weighted by atomic mass is 32.2. The van der Waals surface area contributed by atoms with Crippen molar-refractivity contribution in [1.29, 1.82) is 0 Å². The van der Waals surface area contributed by atoms with Crippen LogP contribution in [0.1, 0.15) is 44.4 Å². The molecule has 4 nitrogen and oxygen atoms in total. The van der Waals surface area contributed by atoms with Crippen molar-refractivity contribution < 1.29 is 8.42 Å². The van der Waals surface area contributed by atoms with E-state index in [1.807, 2.05) is 19.9 Å². The molecule has 1 heterocycles. The highest BCUT2D eigenvalue weighted by Crippen LogP contribution is 2.26. The molecule has 0 spiro atoms. The molecule has 1 saturated carbocycles. The second-order valence-corrected chi connectivity index (χ2v) is 8.39. The van der Waals surface area contributed by atoms with Crippen molar-refractivity contribution in [3.8, 4) is 0 Å². The minimum atomic E-state index is -3.35. The van der Waals surface area contributed by atoms with Gasteiger partial charge in [-0.15, -0.1) is 11.3 Å². The fraction of sp³-hybridized carbons (Fsp3) is 0.714. The minimum Gasteiger partial charge on any atom is -0.309 e. The van der Waals surface area contributed by atoms with Gasteiger partial charge >= 0.3 is 0 Å². The van der Waals surface area contributed by atoms with Gasteiger partial charge in [-0.2, -0.15) is 4.31 Å². The summed E-state index contributed by atoms with van der Waals surface area (Å²) in [5.74, 6) is 0. The molecule has 0 amide bonds. The predicted octanol–water partition coefficient (Wildman–Crippen LogP) is 2.81. The molecular weight excluding hydrogens is 292 g/mol. The van der Waals surface area contributed by atoms with Gasteiger partial charge in [0, 0.05) is 35.9 Å². The Morgan fingerprint density at radius 1 is 1.40 bits per heavy atom. The maximum absolute atomic E-state index is 12.6. The highest BCUT2D eigenvalue weighted by Gasteiger charge is 2.27. The Balaban J connectivity index is 2.07. The van der Waals surface area contributed by atoms with Crippen LogP contribution in [0.3, 0.4) is 0 Å². The molecule has 0 radical (unpaired) electrons. The van der Waals surface area contributed by atoms with E-state index in [0.29, 0.717) is 10.9 Å². The van der Waals surface area contributed by atoms with E-state index in [9.17, 15) is 8.42 Å². The summed E-state index contributed by atoms with van der Waals surface area (Å²) in [5.41, 5.74) is 0. The third kappa shape index (κ3) is 3.61. The van der Waals surface area contributed by atoms with Gasteiger partial charge in [0.1, 0.15) is 0 Å². The van der Waals surface area contributed by atoms with Gasteiger partial charge in [0.05, 0.1) is 4.90 Å². The zero-order valence-electron chi connectivity index (χ0n) is 12.4. The number of thiophene rings is 1. The molecule has 1 aliphatic rings. The van der Waals surface area contributed by atoms with E-state index in [2.05, 4.69) is 5.32 Å². The zero-order valence-corrected chi connectivity index (χ0v) is 14.1. The van der Waals surface area contributed by atoms with Gasteiger partial charge in [-0.1, -0.05) is 13.8 Å². The third-order valence-electron chi connectivity index (χ3n) is 3.91. The molecule has 2 rings (SSSR count). The van der Waals surface area contributed by atoms with Crippen molar-refractivity contribution in [1.82, 2.24) is 9.62 Å². The number of nitrogens with one attached hydrogen (secondary N) is 1. The predicted molar refractivity (Wildman–Crippen MR) is 83.5 cm³/mol. The van der Waals surface area contributed by atoms with Gasteiger partial charge in [0.25, 0.3) is 0 Å². The Hall–Kier alpha value is -0.430. The van der Waals surface area contributed by atoms with Gasteiger partial charge in [0.15, 0.2) is 0 Å². The molecule has 0 aliphatic heterocycles. The first-order valence-electron chi connectivity index (χ1n) is 7.27. The van der Waals surface area contributed by atoms with Crippen LogP contribution < -0.4 is 5.32 Å². The van der Waals surface area contributed by atoms with Gasteiger partial charge in [-0.05, 0) is 31.7 Å². The van der Waals surface area contributed by atoms with Gasteiger partial charge in [-0.3, -0.25) is 0 Å². The zero-order chi connectivity index (χ0) is 14.8. The Labute approximate surface area is 126 Å². The van der Waals surface area contributed by atoms with Crippen LogP contribution in [-0.2, 0) is 16.6 Å². The Morgan fingerprint density at radius 2 is 2.05 bits per heavy atom. The molecule has 1 aromatic rings. The van der Waals surface area contributed by atoms with Crippen LogP contribution >= 0.6 is 11.3 Å². The van der Waals surface area contributed by atoms with Crippen LogP contribution in [0.2, 0.25) is 0 Å². The average molecular weight is 316 g/mol. The standard InChI is InChI=1S/C14H24N2O2S2/c1-4-12(5-2)16(3)20(17,18)14-8-13(19-10-14)9-15-11-6-7-11/h8,10-12,15H,4-7,9H2,1-3H3. The van der Waals surface area contributed by atoms with Crippen molar-refractivity contribution in [3.63, 3.8) is 0 Å². The first-order chi connectivity index (χ1) is 9.48. The van der Waals surface area contributed by atoms with Crippen molar-refractivity contribution in [2.75, 3.05) is 7.05 Å². The molecule has 0 saturated heterocycles. The molecular formula is C14H24N2O2S2. The first kappa shape index (κ1) is 15.9. The van der Waals surface area contributed by atoms with Crippen LogP contribution in [0.4, 0.5) is 0 Å². The lowest BCUT2D eigenvalue weighted by molar-refractivity contribution is 0.350. The smallest absolute Gasteiger partial charge is 0.243 e. The molecule has 1 aromatic heterocycles. The van der Waals surface area contributed by atoms with Crippen LogP contribution in [-0.4, -0.2) is 31.9 Å². The van der Waals surface area contributed by atoms with Gasteiger partial charge in [0.2, 0.25) is 10.0 Å². The lowest BCUT2D eigenvalue weighted by Gasteiger charge is -2.24. The lowest BCUT2D eigenvalue weighted by Crippen LogP contribution is -2.36. The molecule has 1 aliphatic carbocycles. The Kier molecular flexibility index (Phi) is 5.23. The number of hydrogen-bond donors (Lipinski definition) is 1. The maximum atomic E-state index is 12.6. The van der Waals surface area contributed by atoms with E-state index in [1.165, 1.54) is 28.5 Å². The molecule has 0 aromatic carbocycles. The Morgan fingerprint density at radius 3 is 2.60 bits per heavy atom. The fourth-order valence-corrected chi connectivity index (χ4v) is 5.00. The fourth-order valence-electron chi connectivity index (χ4n) is 2.29. The summed E-state index contributed by atoms with van der Waals surface area (Å²) < 4.78 is 26.7. The van der Waals surface area contributed by atoms with E-state index in [1.54, 1.807) is 12.4 Å². The van der Waals surface area contributed by atoms with E-state index in [0.717, 1.165) is 24.3 Å². The number of hydrogen-bond acceptors (Lipinski definition) is 4. The summed E-state index contributed by atoms with van der Waals surface area (Å²) in [4.78, 5) is 1.53. The topological polar surface area (TPSA) is 49.4 Å². The maximum Gasteiger partial charge on any atom is 0.243 e. The molecule has 0 unspecified atom stereocenters. The number of rotatable bonds is 8. The summed E-state index contributed by atoms with van der Waals surface area (Å²) in [5, 5.41) is 5.18. The highest BCUT2D eigenvalue weighted by molar-refractivity contribution is 7.89. The monoisotopic (exact) mass is 316 g/mol. The molecule has 0 atom stereocenters. The first-order valence-corrected chi connectivity index (χ1v) is 9.59. The van der Waals surface area contributed by atoms with E-state index in [-0.39, 0.29) is 6.04 Å². The van der Waals surface area contributed by atoms with Crippen molar-refractivity contribution in [2.45, 2.75) is 63.1 Å². The second-order valence-electron chi connectivity index (χ2n) is 5.40. The normalized spacial score (nSPS) is 16.2. The average Bonchev–Trinajstić information content (AvgIpc) is 3.13. The summed E-state index contributed by atoms with van der Waals surface area (Å²) in [7, 11) is -1.66. The van der Waals surface area contributed by atoms with Crippen LogP contribution in [0.15, 0.2) is 16.3 Å². The van der Waals surface area contributed by atoms with Crippen LogP contribution in [0.5, 0.6) is 0 Å². The summed E-state index contributed by atoms with van der Waals surface area (Å²) in [6, 6.07) is 2.53. The summed E-state index contributed by atoms with van der Waals surface area (Å²) in [6.45, 7) is 4.83. The van der Waals surface area contributed by atoms with Crippen molar-refractivity contribution >= 4 is 21.4 Å². The second kappa shape index (κ2) is 6.56. The van der Waals surface area contributed by atoms with Crippen molar-refractivity contribution in [2.24, 2.45) is 0 Å². The van der Waals surface area contributed by atoms with Crippen molar-refractivity contribution in [3.05, 3.63) is 16.3 Å². The van der Waals surface area contributed by atoms with Gasteiger partial charge in [-0.25, -0.2) is 8.42 Å². The molecule has 6 heteroatoms. The molecule has 1 N–H and O–H groups in total. The third-order valence-corrected chi connectivity index (χ3v) is 6.88. The van der Waals surface area contributed by atoms with Gasteiger partial charge < -0.3 is 5.32 Å². The lowest BCUT2D eigenvalue weighted by atomic mass is 10.2.